The molecule has 0 radical (unpaired) electrons. The van der Waals surface area contributed by atoms with Crippen LogP contribution in [-0.4, -0.2) is 4.92 Å². The molecule has 1 heterocycles. The summed E-state index contributed by atoms with van der Waals surface area (Å²) < 4.78 is 2.09. The Hall–Kier alpha value is -3.18. The molecule has 4 aromatic rings. The number of rotatable bonds is 2. The molecule has 0 amide bonds. The molecular weight excluding hydrogens is 350 g/mol. The highest BCUT2D eigenvalue weighted by Gasteiger charge is 2.22. The van der Waals surface area contributed by atoms with E-state index in [1.807, 2.05) is 31.3 Å². The van der Waals surface area contributed by atoms with Crippen molar-refractivity contribution in [1.82, 2.24) is 0 Å². The summed E-state index contributed by atoms with van der Waals surface area (Å²) in [5.74, 6) is 0. The Morgan fingerprint density at radius 1 is 0.923 bits per heavy atom. The van der Waals surface area contributed by atoms with Crippen LogP contribution in [-0.2, 0) is 7.05 Å². The Bertz CT molecular complexity index is 1140. The molecule has 6 heteroatoms. The van der Waals surface area contributed by atoms with E-state index in [0.29, 0.717) is 5.69 Å². The predicted molar refractivity (Wildman–Crippen MR) is 99.1 cm³/mol. The van der Waals surface area contributed by atoms with E-state index in [1.165, 1.54) is 12.1 Å². The average molecular weight is 366 g/mol. The lowest BCUT2D eigenvalue weighted by molar-refractivity contribution is -0.632. The lowest BCUT2D eigenvalue weighted by atomic mass is 9.98. The minimum atomic E-state index is -0.392. The summed E-state index contributed by atoms with van der Waals surface area (Å²) >= 11 is 0. The number of nitrogens with two attached hydrogens (primary N) is 1. The Labute approximate surface area is 156 Å². The molecule has 0 bridgehead atoms. The standard InChI is InChI=1S/C20H15N3O2.ClH/c1-22-18-8-3-2-5-15(18)16-6-4-7-17(21)19(16)20(22)13-9-11-14(12-10-13)23(24)25;/h2-12,21H,1H3;1H. The number of nitro groups is 1. The third-order valence-electron chi connectivity index (χ3n) is 4.58. The van der Waals surface area contributed by atoms with Crippen LogP contribution in [0.4, 0.5) is 11.4 Å². The maximum atomic E-state index is 10.9. The first-order valence-electron chi connectivity index (χ1n) is 7.91. The normalized spacial score (nSPS) is 10.7. The molecule has 130 valence electrons. The lowest BCUT2D eigenvalue weighted by Crippen LogP contribution is -3.00. The van der Waals surface area contributed by atoms with Gasteiger partial charge in [-0.15, -0.1) is 0 Å². The van der Waals surface area contributed by atoms with Crippen molar-refractivity contribution in [2.45, 2.75) is 0 Å². The van der Waals surface area contributed by atoms with Crippen LogP contribution in [0.25, 0.3) is 32.9 Å². The summed E-state index contributed by atoms with van der Waals surface area (Å²) in [5, 5.41) is 14.1. The molecule has 0 atom stereocenters. The molecule has 0 unspecified atom stereocenters. The van der Waals surface area contributed by atoms with Gasteiger partial charge < -0.3 is 18.1 Å². The first-order valence-corrected chi connectivity index (χ1v) is 7.91. The summed E-state index contributed by atoms with van der Waals surface area (Å²) in [5.41, 5.74) is 9.99. The molecule has 3 aromatic carbocycles. The molecule has 0 saturated carbocycles. The van der Waals surface area contributed by atoms with Gasteiger partial charge in [-0.2, -0.15) is 4.57 Å². The van der Waals surface area contributed by atoms with Crippen molar-refractivity contribution in [1.29, 1.82) is 0 Å². The van der Waals surface area contributed by atoms with Gasteiger partial charge in [-0.1, -0.05) is 24.3 Å². The van der Waals surface area contributed by atoms with E-state index in [2.05, 4.69) is 22.8 Å². The molecule has 26 heavy (non-hydrogen) atoms. The van der Waals surface area contributed by atoms with Crippen LogP contribution >= 0.6 is 0 Å². The van der Waals surface area contributed by atoms with Crippen LogP contribution in [0.3, 0.4) is 0 Å². The number of hydrogen-bond donors (Lipinski definition) is 1. The van der Waals surface area contributed by atoms with Crippen molar-refractivity contribution in [3.63, 3.8) is 0 Å². The van der Waals surface area contributed by atoms with Gasteiger partial charge in [-0.3, -0.25) is 10.1 Å². The number of fused-ring (bicyclic) bond motifs is 3. The monoisotopic (exact) mass is 365 g/mol. The summed E-state index contributed by atoms with van der Waals surface area (Å²) in [6, 6.07) is 20.6. The molecule has 4 rings (SSSR count). The second-order valence-electron chi connectivity index (χ2n) is 6.00. The van der Waals surface area contributed by atoms with E-state index in [0.717, 1.165) is 32.9 Å². The van der Waals surface area contributed by atoms with Crippen molar-refractivity contribution in [3.8, 4) is 11.3 Å². The Balaban J connectivity index is 0.00000196. The third-order valence-corrected chi connectivity index (χ3v) is 4.58. The van der Waals surface area contributed by atoms with Crippen LogP contribution < -0.4 is 22.7 Å². The molecule has 1 aromatic heterocycles. The minimum absolute atomic E-state index is 0. The van der Waals surface area contributed by atoms with Crippen LogP contribution in [0.5, 0.6) is 0 Å². The van der Waals surface area contributed by atoms with Crippen LogP contribution in [0.1, 0.15) is 0 Å². The molecule has 0 saturated heterocycles. The topological polar surface area (TPSA) is 73.0 Å². The van der Waals surface area contributed by atoms with Crippen molar-refractivity contribution in [3.05, 3.63) is 76.8 Å². The Morgan fingerprint density at radius 3 is 2.27 bits per heavy atom. The number of hydrogen-bond acceptors (Lipinski definition) is 3. The summed E-state index contributed by atoms with van der Waals surface area (Å²) in [6.45, 7) is 0. The van der Waals surface area contributed by atoms with E-state index >= 15 is 0 Å². The number of nitro benzene ring substituents is 1. The second kappa shape index (κ2) is 6.61. The van der Waals surface area contributed by atoms with Gasteiger partial charge in [0.15, 0.2) is 0 Å². The maximum absolute atomic E-state index is 10.9. The van der Waals surface area contributed by atoms with Gasteiger partial charge in [-0.25, -0.2) is 0 Å². The number of nitrogens with zero attached hydrogens (tertiary/aromatic N) is 2. The highest BCUT2D eigenvalue weighted by Crippen LogP contribution is 2.34. The van der Waals surface area contributed by atoms with Crippen LogP contribution in [0.2, 0.25) is 0 Å². The number of halogens is 1. The molecule has 5 nitrogen and oxygen atoms in total. The quantitative estimate of drug-likeness (QED) is 0.189. The fourth-order valence-electron chi connectivity index (χ4n) is 3.42. The fraction of sp³-hybridized carbons (Fsp3) is 0.0500. The number of para-hydroxylation sites is 1. The first-order chi connectivity index (χ1) is 12.1. The first kappa shape index (κ1) is 17.6. The largest absolute Gasteiger partial charge is 1.00 e. The van der Waals surface area contributed by atoms with Gasteiger partial charge >= 0.3 is 0 Å². The molecule has 0 fully saturated rings. The van der Waals surface area contributed by atoms with E-state index in [4.69, 9.17) is 5.73 Å². The second-order valence-corrected chi connectivity index (χ2v) is 6.00. The zero-order valence-electron chi connectivity index (χ0n) is 14.0. The summed E-state index contributed by atoms with van der Waals surface area (Å²) in [6.07, 6.45) is 0. The Kier molecular flexibility index (Phi) is 4.49. The zero-order chi connectivity index (χ0) is 17.6. The SMILES string of the molecule is C[n+]1c(-c2ccc([N+](=O)[O-])cc2)c2c(N)cccc2c2ccccc21.[Cl-]. The number of aromatic nitrogens is 1. The van der Waals surface area contributed by atoms with Gasteiger partial charge in [0.25, 0.3) is 5.69 Å². The van der Waals surface area contributed by atoms with Crippen molar-refractivity contribution in [2.75, 3.05) is 5.73 Å². The van der Waals surface area contributed by atoms with Gasteiger partial charge in [-0.05, 0) is 24.3 Å². The number of benzene rings is 3. The molecule has 0 aliphatic rings. The smallest absolute Gasteiger partial charge is 0.269 e. The minimum Gasteiger partial charge on any atom is -1.00 e. The number of aryl methyl sites for hydroxylation is 1. The number of nitrogen functional groups attached to an aromatic ring is 1. The van der Waals surface area contributed by atoms with E-state index in [9.17, 15) is 10.1 Å². The predicted octanol–water partition coefficient (Wildman–Crippen LogP) is 0.979. The number of pyridine rings is 1. The van der Waals surface area contributed by atoms with Gasteiger partial charge in [0.1, 0.15) is 7.05 Å². The number of anilines is 1. The van der Waals surface area contributed by atoms with Crippen LogP contribution in [0.15, 0.2) is 66.7 Å². The summed E-state index contributed by atoms with van der Waals surface area (Å²) in [7, 11) is 1.99. The maximum Gasteiger partial charge on any atom is 0.269 e. The molecule has 0 aliphatic carbocycles. The van der Waals surface area contributed by atoms with E-state index in [1.54, 1.807) is 12.1 Å². The van der Waals surface area contributed by atoms with E-state index in [-0.39, 0.29) is 18.1 Å². The third kappa shape index (κ3) is 2.62. The van der Waals surface area contributed by atoms with Crippen molar-refractivity contribution < 1.29 is 21.9 Å². The molecule has 2 N–H and O–H groups in total. The molecule has 0 spiro atoms. The molecule has 0 aliphatic heterocycles. The number of non-ortho nitro benzene ring substituents is 1. The van der Waals surface area contributed by atoms with Gasteiger partial charge in [0.05, 0.1) is 15.7 Å². The Morgan fingerprint density at radius 2 is 1.58 bits per heavy atom. The summed E-state index contributed by atoms with van der Waals surface area (Å²) in [4.78, 5) is 10.5. The zero-order valence-corrected chi connectivity index (χ0v) is 14.8. The average Bonchev–Trinajstić information content (AvgIpc) is 2.63. The lowest BCUT2D eigenvalue weighted by Gasteiger charge is -2.11. The van der Waals surface area contributed by atoms with Crippen LogP contribution in [0, 0.1) is 10.1 Å². The van der Waals surface area contributed by atoms with Crippen molar-refractivity contribution >= 4 is 33.1 Å². The highest BCUT2D eigenvalue weighted by atomic mass is 35.5. The van der Waals surface area contributed by atoms with E-state index < -0.39 is 4.92 Å². The molecular formula is C20H16ClN3O2. The van der Waals surface area contributed by atoms with Gasteiger partial charge in [0, 0.05) is 34.8 Å². The van der Waals surface area contributed by atoms with Gasteiger partial charge in [0.2, 0.25) is 11.2 Å². The van der Waals surface area contributed by atoms with Crippen molar-refractivity contribution in [2.24, 2.45) is 7.05 Å². The highest BCUT2D eigenvalue weighted by molar-refractivity contribution is 6.13. The fourth-order valence-corrected chi connectivity index (χ4v) is 3.42.